The molecule has 0 aliphatic carbocycles. The fraction of sp³-hybridized carbons (Fsp3) is 0. The van der Waals surface area contributed by atoms with Crippen LogP contribution in [0.25, 0.3) is 106 Å². The summed E-state index contributed by atoms with van der Waals surface area (Å²) >= 11 is 0. The van der Waals surface area contributed by atoms with Gasteiger partial charge in [0.25, 0.3) is 0 Å². The van der Waals surface area contributed by atoms with Gasteiger partial charge in [-0.05, 0) is 65.7 Å². The van der Waals surface area contributed by atoms with E-state index >= 15 is 0 Å². The Hall–Kier alpha value is -7.83. The van der Waals surface area contributed by atoms with Crippen LogP contribution in [0.15, 0.2) is 194 Å². The second-order valence-corrected chi connectivity index (χ2v) is 14.5. The Labute approximate surface area is 327 Å². The van der Waals surface area contributed by atoms with Crippen LogP contribution in [-0.2, 0) is 0 Å². The molecule has 266 valence electrons. The summed E-state index contributed by atoms with van der Waals surface area (Å²) in [6.07, 6.45) is 0. The maximum absolute atomic E-state index is 5.44. The molecule has 12 aromatic rings. The van der Waals surface area contributed by atoms with Crippen LogP contribution >= 0.6 is 0 Å². The number of aromatic nitrogens is 6. The summed E-state index contributed by atoms with van der Waals surface area (Å²) in [5, 5.41) is 6.96. The van der Waals surface area contributed by atoms with Crippen LogP contribution in [0.2, 0.25) is 0 Å². The molecular weight excluding hydrogens is 697 g/mol. The third-order valence-electron chi connectivity index (χ3n) is 11.3. The van der Waals surface area contributed by atoms with E-state index in [0.717, 1.165) is 71.5 Å². The van der Waals surface area contributed by atoms with Gasteiger partial charge in [-0.3, -0.25) is 9.13 Å². The van der Waals surface area contributed by atoms with Crippen LogP contribution in [0.1, 0.15) is 0 Å². The molecule has 6 nitrogen and oxygen atoms in total. The van der Waals surface area contributed by atoms with Gasteiger partial charge in [0.2, 0.25) is 11.9 Å². The molecule has 0 fully saturated rings. The van der Waals surface area contributed by atoms with Crippen molar-refractivity contribution in [3.8, 4) is 40.1 Å². The van der Waals surface area contributed by atoms with E-state index in [0.29, 0.717) is 17.7 Å². The first-order valence-corrected chi connectivity index (χ1v) is 19.2. The van der Waals surface area contributed by atoms with Gasteiger partial charge in [0, 0.05) is 37.9 Å². The second-order valence-electron chi connectivity index (χ2n) is 14.5. The standard InChI is InChI=1S/C51H32N6/c1-2-16-33(17-3-1)34-30-31-48-41(32-34)39-22-8-14-28-46(39)57(48)51-53-49(52-50(54-51)56-44-26-12-6-20-37(44)38-21-7-13-27-45(38)56)40-23-9-15-29-47(40)55-42-24-10-4-18-35(42)36-19-5-11-25-43(36)55/h1-32H. The molecular formula is C51H32N6. The molecule has 0 N–H and O–H groups in total. The predicted octanol–water partition coefficient (Wildman–Crippen LogP) is 12.5. The molecule has 8 aromatic carbocycles. The fourth-order valence-corrected chi connectivity index (χ4v) is 8.85. The van der Waals surface area contributed by atoms with Gasteiger partial charge in [0.05, 0.1) is 38.8 Å². The van der Waals surface area contributed by atoms with Crippen LogP contribution in [0.5, 0.6) is 0 Å². The lowest BCUT2D eigenvalue weighted by Gasteiger charge is -2.16. The highest BCUT2D eigenvalue weighted by Gasteiger charge is 2.23. The SMILES string of the molecule is c1ccc(-c2ccc3c(c2)c2ccccc2n3-c2nc(-c3ccccc3-n3c4ccccc4c4ccccc43)nc(-n3c4ccccc4c4ccccc43)n2)cc1. The topological polar surface area (TPSA) is 53.5 Å². The van der Waals surface area contributed by atoms with Gasteiger partial charge in [-0.15, -0.1) is 0 Å². The summed E-state index contributed by atoms with van der Waals surface area (Å²) in [4.78, 5) is 16.3. The number of rotatable bonds is 5. The maximum atomic E-state index is 5.44. The van der Waals surface area contributed by atoms with Crippen molar-refractivity contribution in [2.45, 2.75) is 0 Å². The zero-order valence-electron chi connectivity index (χ0n) is 30.7. The molecule has 0 aliphatic heterocycles. The lowest BCUT2D eigenvalue weighted by molar-refractivity contribution is 0.892. The van der Waals surface area contributed by atoms with Gasteiger partial charge < -0.3 is 4.57 Å². The molecule has 0 unspecified atom stereocenters. The minimum atomic E-state index is 0.549. The number of hydrogen-bond acceptors (Lipinski definition) is 3. The van der Waals surface area contributed by atoms with Crippen molar-refractivity contribution in [1.82, 2.24) is 28.7 Å². The number of hydrogen-bond donors (Lipinski definition) is 0. The van der Waals surface area contributed by atoms with E-state index in [1.54, 1.807) is 0 Å². The monoisotopic (exact) mass is 728 g/mol. The number of fused-ring (bicyclic) bond motifs is 9. The van der Waals surface area contributed by atoms with Crippen molar-refractivity contribution >= 4 is 65.4 Å². The van der Waals surface area contributed by atoms with E-state index < -0.39 is 0 Å². The molecule has 0 atom stereocenters. The van der Waals surface area contributed by atoms with E-state index in [1.807, 2.05) is 0 Å². The summed E-state index contributed by atoms with van der Waals surface area (Å²) in [6.45, 7) is 0. The van der Waals surface area contributed by atoms with Gasteiger partial charge in [-0.25, -0.2) is 0 Å². The van der Waals surface area contributed by atoms with Crippen LogP contribution in [-0.4, -0.2) is 28.7 Å². The average molecular weight is 729 g/mol. The summed E-state index contributed by atoms with van der Waals surface area (Å²) < 4.78 is 6.73. The first-order chi connectivity index (χ1) is 28.3. The largest absolute Gasteiger partial charge is 0.309 e. The molecule has 0 amide bonds. The van der Waals surface area contributed by atoms with Crippen LogP contribution < -0.4 is 0 Å². The molecule has 0 spiro atoms. The van der Waals surface area contributed by atoms with Crippen LogP contribution in [0.4, 0.5) is 0 Å². The quantitative estimate of drug-likeness (QED) is 0.177. The highest BCUT2D eigenvalue weighted by atomic mass is 15.3. The Morgan fingerprint density at radius 3 is 1.21 bits per heavy atom. The van der Waals surface area contributed by atoms with Crippen molar-refractivity contribution in [2.75, 3.05) is 0 Å². The Morgan fingerprint density at radius 1 is 0.281 bits per heavy atom. The summed E-state index contributed by atoms with van der Waals surface area (Å²) in [6, 6.07) is 68.4. The molecule has 4 aromatic heterocycles. The first-order valence-electron chi connectivity index (χ1n) is 19.2. The third-order valence-corrected chi connectivity index (χ3v) is 11.3. The second kappa shape index (κ2) is 12.3. The van der Waals surface area contributed by atoms with Crippen molar-refractivity contribution in [1.29, 1.82) is 0 Å². The van der Waals surface area contributed by atoms with E-state index in [9.17, 15) is 0 Å². The first kappa shape index (κ1) is 31.5. The van der Waals surface area contributed by atoms with Crippen LogP contribution in [0.3, 0.4) is 0 Å². The average Bonchev–Trinajstić information content (AvgIpc) is 3.92. The summed E-state index contributed by atoms with van der Waals surface area (Å²) in [5.74, 6) is 1.69. The Kier molecular flexibility index (Phi) is 6.83. The summed E-state index contributed by atoms with van der Waals surface area (Å²) in [5.41, 5.74) is 10.6. The molecule has 57 heavy (non-hydrogen) atoms. The van der Waals surface area contributed by atoms with Gasteiger partial charge in [0.15, 0.2) is 5.82 Å². The van der Waals surface area contributed by atoms with Crippen molar-refractivity contribution in [3.05, 3.63) is 194 Å². The molecule has 0 radical (unpaired) electrons. The van der Waals surface area contributed by atoms with E-state index in [4.69, 9.17) is 15.0 Å². The van der Waals surface area contributed by atoms with Crippen molar-refractivity contribution < 1.29 is 0 Å². The minimum absolute atomic E-state index is 0.549. The third kappa shape index (κ3) is 4.74. The zero-order valence-corrected chi connectivity index (χ0v) is 30.7. The highest BCUT2D eigenvalue weighted by molar-refractivity contribution is 6.12. The van der Waals surface area contributed by atoms with Crippen molar-refractivity contribution in [3.63, 3.8) is 0 Å². The minimum Gasteiger partial charge on any atom is -0.309 e. The van der Waals surface area contributed by atoms with E-state index in [1.165, 1.54) is 16.3 Å². The Morgan fingerprint density at radius 2 is 0.684 bits per heavy atom. The predicted molar refractivity (Wildman–Crippen MR) is 234 cm³/mol. The normalized spacial score (nSPS) is 11.9. The molecule has 0 saturated carbocycles. The number of para-hydroxylation sites is 6. The molecule has 0 aliphatic rings. The Balaban J connectivity index is 1.18. The smallest absolute Gasteiger partial charge is 0.240 e. The lowest BCUT2D eigenvalue weighted by Crippen LogP contribution is -2.11. The molecule has 12 rings (SSSR count). The highest BCUT2D eigenvalue weighted by Crippen LogP contribution is 2.38. The van der Waals surface area contributed by atoms with E-state index in [-0.39, 0.29) is 0 Å². The zero-order chi connectivity index (χ0) is 37.5. The van der Waals surface area contributed by atoms with Crippen LogP contribution in [0, 0.1) is 0 Å². The van der Waals surface area contributed by atoms with Crippen molar-refractivity contribution in [2.24, 2.45) is 0 Å². The summed E-state index contributed by atoms with van der Waals surface area (Å²) in [7, 11) is 0. The molecule has 0 bridgehead atoms. The molecule has 0 saturated heterocycles. The fourth-order valence-electron chi connectivity index (χ4n) is 8.85. The maximum Gasteiger partial charge on any atom is 0.240 e. The Bertz CT molecular complexity index is 3430. The van der Waals surface area contributed by atoms with Gasteiger partial charge in [-0.2, -0.15) is 15.0 Å². The number of benzene rings is 8. The molecule has 4 heterocycles. The number of nitrogens with zero attached hydrogens (tertiary/aromatic N) is 6. The lowest BCUT2D eigenvalue weighted by atomic mass is 10.0. The van der Waals surface area contributed by atoms with Gasteiger partial charge in [-0.1, -0.05) is 140 Å². The molecule has 6 heteroatoms. The van der Waals surface area contributed by atoms with Gasteiger partial charge >= 0.3 is 0 Å². The van der Waals surface area contributed by atoms with Gasteiger partial charge in [0.1, 0.15) is 0 Å². The van der Waals surface area contributed by atoms with E-state index in [2.05, 4.69) is 208 Å².